The van der Waals surface area contributed by atoms with E-state index in [0.717, 1.165) is 11.3 Å². The van der Waals surface area contributed by atoms with Gasteiger partial charge in [0.1, 0.15) is 5.75 Å². The average Bonchev–Trinajstić information content (AvgIpc) is 2.53. The van der Waals surface area contributed by atoms with Crippen LogP contribution in [0.3, 0.4) is 0 Å². The highest BCUT2D eigenvalue weighted by Gasteiger charge is 2.22. The summed E-state index contributed by atoms with van der Waals surface area (Å²) in [6.45, 7) is 8.39. The molecule has 1 rings (SSSR count). The number of rotatable bonds is 9. The molecule has 1 N–H and O–H groups in total. The number of aliphatic hydroxyl groups is 1. The second-order valence-electron chi connectivity index (χ2n) is 5.26. The van der Waals surface area contributed by atoms with Crippen molar-refractivity contribution in [2.24, 2.45) is 11.8 Å². The lowest BCUT2D eigenvalue weighted by molar-refractivity contribution is -0.0308. The molecule has 0 amide bonds. The Bertz CT molecular complexity index is 436. The predicted octanol–water partition coefficient (Wildman–Crippen LogP) is 3.59. The van der Waals surface area contributed by atoms with Crippen LogP contribution < -0.4 is 4.74 Å². The fourth-order valence-electron chi connectivity index (χ4n) is 2.22. The van der Waals surface area contributed by atoms with Crippen LogP contribution in [0.4, 0.5) is 0 Å². The molecular weight excluding hydrogens is 264 g/mol. The van der Waals surface area contributed by atoms with Crippen molar-refractivity contribution >= 4 is 0 Å². The first-order chi connectivity index (χ1) is 10.1. The van der Waals surface area contributed by atoms with Crippen molar-refractivity contribution in [3.05, 3.63) is 54.6 Å². The zero-order chi connectivity index (χ0) is 15.7. The molecule has 1 aromatic carbocycles. The highest BCUT2D eigenvalue weighted by molar-refractivity contribution is 5.26. The molecule has 0 saturated heterocycles. The Hall–Kier alpha value is -1.58. The van der Waals surface area contributed by atoms with Crippen LogP contribution in [0.25, 0.3) is 0 Å². The zero-order valence-electron chi connectivity index (χ0n) is 13.2. The Morgan fingerprint density at radius 1 is 1.24 bits per heavy atom. The summed E-state index contributed by atoms with van der Waals surface area (Å²) < 4.78 is 11.2. The lowest BCUT2D eigenvalue weighted by atomic mass is 9.93. The molecule has 0 spiro atoms. The monoisotopic (exact) mass is 290 g/mol. The van der Waals surface area contributed by atoms with E-state index in [2.05, 4.69) is 19.6 Å². The molecule has 0 aliphatic heterocycles. The minimum absolute atomic E-state index is 0.0340. The lowest BCUT2D eigenvalue weighted by Gasteiger charge is -2.27. The maximum Gasteiger partial charge on any atom is 0.118 e. The molecule has 0 aromatic heterocycles. The first-order valence-electron chi connectivity index (χ1n) is 7.27. The Labute approximate surface area is 127 Å². The van der Waals surface area contributed by atoms with E-state index in [4.69, 9.17) is 9.47 Å². The summed E-state index contributed by atoms with van der Waals surface area (Å²) in [5, 5.41) is 9.40. The lowest BCUT2D eigenvalue weighted by Crippen LogP contribution is -2.30. The summed E-state index contributed by atoms with van der Waals surface area (Å²) in [7, 11) is 1.65. The van der Waals surface area contributed by atoms with Crippen LogP contribution in [-0.4, -0.2) is 24.9 Å². The molecule has 0 fully saturated rings. The van der Waals surface area contributed by atoms with Crippen LogP contribution >= 0.6 is 0 Å². The molecule has 3 heteroatoms. The van der Waals surface area contributed by atoms with Crippen LogP contribution in [-0.2, 0) is 11.3 Å². The Balaban J connectivity index is 2.67. The molecule has 0 aliphatic carbocycles. The molecule has 0 aliphatic rings. The van der Waals surface area contributed by atoms with Crippen LogP contribution in [0.1, 0.15) is 19.4 Å². The molecule has 3 unspecified atom stereocenters. The van der Waals surface area contributed by atoms with E-state index >= 15 is 0 Å². The van der Waals surface area contributed by atoms with Gasteiger partial charge in [0.25, 0.3) is 0 Å². The van der Waals surface area contributed by atoms with Gasteiger partial charge in [-0.2, -0.15) is 0 Å². The summed E-state index contributed by atoms with van der Waals surface area (Å²) in [4.78, 5) is 0. The van der Waals surface area contributed by atoms with Gasteiger partial charge in [0.05, 0.1) is 19.8 Å². The minimum atomic E-state index is -0.0340. The van der Waals surface area contributed by atoms with Crippen molar-refractivity contribution in [2.75, 3.05) is 13.7 Å². The fourth-order valence-corrected chi connectivity index (χ4v) is 2.22. The first kappa shape index (κ1) is 17.5. The van der Waals surface area contributed by atoms with Crippen molar-refractivity contribution in [3.8, 4) is 5.75 Å². The fraction of sp³-hybridized carbons (Fsp3) is 0.444. The Morgan fingerprint density at radius 2 is 1.90 bits per heavy atom. The Kier molecular flexibility index (Phi) is 7.80. The maximum atomic E-state index is 9.40. The average molecular weight is 290 g/mol. The van der Waals surface area contributed by atoms with E-state index < -0.39 is 0 Å². The molecule has 116 valence electrons. The van der Waals surface area contributed by atoms with Crippen molar-refractivity contribution < 1.29 is 14.6 Å². The first-order valence-corrected chi connectivity index (χ1v) is 7.27. The second kappa shape index (κ2) is 9.37. The molecule has 3 nitrogen and oxygen atoms in total. The number of ether oxygens (including phenoxy) is 2. The van der Waals surface area contributed by atoms with Crippen LogP contribution in [0.2, 0.25) is 0 Å². The van der Waals surface area contributed by atoms with Crippen molar-refractivity contribution in [2.45, 2.75) is 26.6 Å². The third kappa shape index (κ3) is 5.74. The van der Waals surface area contributed by atoms with Gasteiger partial charge in [0.2, 0.25) is 0 Å². The van der Waals surface area contributed by atoms with Crippen LogP contribution in [0.15, 0.2) is 49.1 Å². The minimum Gasteiger partial charge on any atom is -0.497 e. The number of hydrogen-bond acceptors (Lipinski definition) is 3. The third-order valence-corrected chi connectivity index (χ3v) is 3.52. The van der Waals surface area contributed by atoms with Gasteiger partial charge in [-0.05, 0) is 17.7 Å². The number of methoxy groups -OCH3 is 1. The topological polar surface area (TPSA) is 38.7 Å². The SMILES string of the molecule is C=C/C=C/C(C)C(OCc1ccc(OC)cc1)C(C)CO. The molecule has 0 saturated carbocycles. The Morgan fingerprint density at radius 3 is 2.43 bits per heavy atom. The van der Waals surface area contributed by atoms with Gasteiger partial charge in [-0.15, -0.1) is 0 Å². The normalized spacial score (nSPS) is 15.6. The predicted molar refractivity (Wildman–Crippen MR) is 86.3 cm³/mol. The molecular formula is C18H26O3. The highest BCUT2D eigenvalue weighted by atomic mass is 16.5. The van der Waals surface area contributed by atoms with E-state index in [1.807, 2.05) is 37.3 Å². The van der Waals surface area contributed by atoms with E-state index in [1.165, 1.54) is 0 Å². The van der Waals surface area contributed by atoms with Crippen molar-refractivity contribution in [1.29, 1.82) is 0 Å². The van der Waals surface area contributed by atoms with Gasteiger partial charge >= 0.3 is 0 Å². The second-order valence-corrected chi connectivity index (χ2v) is 5.26. The van der Waals surface area contributed by atoms with Crippen molar-refractivity contribution in [3.63, 3.8) is 0 Å². The summed E-state index contributed by atoms with van der Waals surface area (Å²) in [5.74, 6) is 1.12. The number of aliphatic hydroxyl groups excluding tert-OH is 1. The van der Waals surface area contributed by atoms with E-state index in [1.54, 1.807) is 13.2 Å². The number of hydrogen-bond donors (Lipinski definition) is 1. The molecule has 0 heterocycles. The van der Waals surface area contributed by atoms with Crippen LogP contribution in [0.5, 0.6) is 5.75 Å². The largest absolute Gasteiger partial charge is 0.497 e. The van der Waals surface area contributed by atoms with E-state index in [-0.39, 0.29) is 24.5 Å². The summed E-state index contributed by atoms with van der Waals surface area (Å²) in [6.07, 6.45) is 5.69. The van der Waals surface area contributed by atoms with Gasteiger partial charge in [-0.25, -0.2) is 0 Å². The summed E-state index contributed by atoms with van der Waals surface area (Å²) in [5.41, 5.74) is 1.09. The van der Waals surface area contributed by atoms with E-state index in [9.17, 15) is 5.11 Å². The van der Waals surface area contributed by atoms with Gasteiger partial charge in [-0.1, -0.05) is 50.8 Å². The van der Waals surface area contributed by atoms with Crippen molar-refractivity contribution in [1.82, 2.24) is 0 Å². The number of benzene rings is 1. The smallest absolute Gasteiger partial charge is 0.118 e. The van der Waals surface area contributed by atoms with Crippen LogP contribution in [0, 0.1) is 11.8 Å². The van der Waals surface area contributed by atoms with Gasteiger partial charge in [0, 0.05) is 18.4 Å². The van der Waals surface area contributed by atoms with Gasteiger partial charge in [0.15, 0.2) is 0 Å². The number of allylic oxidation sites excluding steroid dienone is 2. The third-order valence-electron chi connectivity index (χ3n) is 3.52. The summed E-state index contributed by atoms with van der Waals surface area (Å²) >= 11 is 0. The molecule has 21 heavy (non-hydrogen) atoms. The van der Waals surface area contributed by atoms with Gasteiger partial charge < -0.3 is 14.6 Å². The molecule has 3 atom stereocenters. The molecule has 1 aromatic rings. The molecule has 0 bridgehead atoms. The highest BCUT2D eigenvalue weighted by Crippen LogP contribution is 2.21. The maximum absolute atomic E-state index is 9.40. The summed E-state index contributed by atoms with van der Waals surface area (Å²) in [6, 6.07) is 7.82. The molecule has 0 radical (unpaired) electrons. The standard InChI is InChI=1S/C18H26O3/c1-5-6-7-14(2)18(15(3)12-19)21-13-16-8-10-17(20-4)11-9-16/h5-11,14-15,18-19H,1,12-13H2,2-4H3/b7-6+. The quantitative estimate of drug-likeness (QED) is 0.706. The zero-order valence-corrected chi connectivity index (χ0v) is 13.2. The van der Waals surface area contributed by atoms with Gasteiger partial charge in [-0.3, -0.25) is 0 Å². The van der Waals surface area contributed by atoms with E-state index in [0.29, 0.717) is 6.61 Å².